The summed E-state index contributed by atoms with van der Waals surface area (Å²) in [6.07, 6.45) is 6.45. The summed E-state index contributed by atoms with van der Waals surface area (Å²) in [7, 11) is 0. The Balaban J connectivity index is 1.31. The van der Waals surface area contributed by atoms with Crippen LogP contribution in [0.2, 0.25) is 0 Å². The molecule has 1 saturated carbocycles. The van der Waals surface area contributed by atoms with Gasteiger partial charge in [0.15, 0.2) is 0 Å². The van der Waals surface area contributed by atoms with Crippen molar-refractivity contribution in [2.24, 2.45) is 0 Å². The Kier molecular flexibility index (Phi) is 5.13. The SMILES string of the molecule is Cc1nccn1CCCCNC(=O)N[C@@H]1C[C@H]1c1ccccc1F. The van der Waals surface area contributed by atoms with Crippen molar-refractivity contribution in [1.82, 2.24) is 20.2 Å². The van der Waals surface area contributed by atoms with Gasteiger partial charge in [-0.25, -0.2) is 14.2 Å². The molecule has 0 spiro atoms. The lowest BCUT2D eigenvalue weighted by atomic mass is 10.1. The molecule has 2 atom stereocenters. The van der Waals surface area contributed by atoms with Crippen molar-refractivity contribution >= 4 is 6.03 Å². The first-order valence-corrected chi connectivity index (χ1v) is 8.41. The molecule has 1 heterocycles. The monoisotopic (exact) mass is 330 g/mol. The largest absolute Gasteiger partial charge is 0.338 e. The number of aryl methyl sites for hydroxylation is 2. The zero-order chi connectivity index (χ0) is 16.9. The summed E-state index contributed by atoms with van der Waals surface area (Å²) in [6, 6.07) is 6.63. The molecule has 24 heavy (non-hydrogen) atoms. The second-order valence-corrected chi connectivity index (χ2v) is 6.25. The van der Waals surface area contributed by atoms with Crippen molar-refractivity contribution in [2.45, 2.75) is 44.7 Å². The summed E-state index contributed by atoms with van der Waals surface area (Å²) < 4.78 is 15.8. The smallest absolute Gasteiger partial charge is 0.315 e. The Bertz CT molecular complexity index is 700. The second-order valence-electron chi connectivity index (χ2n) is 6.25. The fourth-order valence-electron chi connectivity index (χ4n) is 2.94. The number of benzene rings is 1. The van der Waals surface area contributed by atoms with Gasteiger partial charge in [0, 0.05) is 37.4 Å². The van der Waals surface area contributed by atoms with E-state index in [9.17, 15) is 9.18 Å². The second kappa shape index (κ2) is 7.47. The van der Waals surface area contributed by atoms with Crippen molar-refractivity contribution in [3.8, 4) is 0 Å². The molecule has 128 valence electrons. The lowest BCUT2D eigenvalue weighted by molar-refractivity contribution is 0.240. The third-order valence-electron chi connectivity index (χ3n) is 4.45. The molecule has 0 saturated heterocycles. The molecule has 0 unspecified atom stereocenters. The van der Waals surface area contributed by atoms with Crippen LogP contribution in [-0.4, -0.2) is 28.2 Å². The number of carbonyl (C=O) groups excluding carboxylic acids is 1. The maximum absolute atomic E-state index is 13.7. The van der Waals surface area contributed by atoms with Crippen molar-refractivity contribution in [3.63, 3.8) is 0 Å². The number of imidazole rings is 1. The number of carbonyl (C=O) groups is 1. The number of nitrogens with one attached hydrogen (secondary N) is 2. The van der Waals surface area contributed by atoms with Crippen LogP contribution < -0.4 is 10.6 Å². The van der Waals surface area contributed by atoms with Gasteiger partial charge >= 0.3 is 6.03 Å². The van der Waals surface area contributed by atoms with E-state index in [2.05, 4.69) is 20.2 Å². The molecule has 6 heteroatoms. The number of unbranched alkanes of at least 4 members (excludes halogenated alkanes) is 1. The molecule has 2 N–H and O–H groups in total. The van der Waals surface area contributed by atoms with Crippen LogP contribution in [0.25, 0.3) is 0 Å². The van der Waals surface area contributed by atoms with Gasteiger partial charge in [0.05, 0.1) is 0 Å². The summed E-state index contributed by atoms with van der Waals surface area (Å²) >= 11 is 0. The van der Waals surface area contributed by atoms with Crippen molar-refractivity contribution in [3.05, 3.63) is 53.9 Å². The van der Waals surface area contributed by atoms with E-state index in [0.29, 0.717) is 12.1 Å². The highest BCUT2D eigenvalue weighted by Gasteiger charge is 2.40. The molecule has 1 aromatic heterocycles. The molecule has 5 nitrogen and oxygen atoms in total. The van der Waals surface area contributed by atoms with Crippen molar-refractivity contribution < 1.29 is 9.18 Å². The van der Waals surface area contributed by atoms with Gasteiger partial charge in [0.1, 0.15) is 11.6 Å². The first-order chi connectivity index (χ1) is 11.6. The molecule has 0 radical (unpaired) electrons. The normalized spacial score (nSPS) is 19.1. The van der Waals surface area contributed by atoms with E-state index in [1.807, 2.05) is 19.2 Å². The van der Waals surface area contributed by atoms with Crippen LogP contribution in [0.3, 0.4) is 0 Å². The summed E-state index contributed by atoms with van der Waals surface area (Å²) in [5.74, 6) is 0.914. The van der Waals surface area contributed by atoms with Crippen LogP contribution >= 0.6 is 0 Å². The highest BCUT2D eigenvalue weighted by Crippen LogP contribution is 2.41. The Morgan fingerprint density at radius 1 is 1.38 bits per heavy atom. The van der Waals surface area contributed by atoms with Crippen LogP contribution in [0.15, 0.2) is 36.7 Å². The van der Waals surface area contributed by atoms with Crippen LogP contribution in [0.1, 0.15) is 36.6 Å². The quantitative estimate of drug-likeness (QED) is 0.767. The molecule has 1 fully saturated rings. The summed E-state index contributed by atoms with van der Waals surface area (Å²) in [4.78, 5) is 16.0. The fraction of sp³-hybridized carbons (Fsp3) is 0.444. The Hall–Kier alpha value is -2.37. The number of aromatic nitrogens is 2. The first-order valence-electron chi connectivity index (χ1n) is 8.41. The number of hydrogen-bond acceptors (Lipinski definition) is 2. The Morgan fingerprint density at radius 3 is 2.96 bits per heavy atom. The van der Waals surface area contributed by atoms with E-state index in [1.54, 1.807) is 18.3 Å². The number of amides is 2. The zero-order valence-corrected chi connectivity index (χ0v) is 13.8. The molecule has 0 bridgehead atoms. The van der Waals surface area contributed by atoms with Gasteiger partial charge in [-0.1, -0.05) is 18.2 Å². The van der Waals surface area contributed by atoms with Gasteiger partial charge in [-0.15, -0.1) is 0 Å². The molecule has 2 aromatic rings. The van der Waals surface area contributed by atoms with E-state index >= 15 is 0 Å². The third-order valence-corrected chi connectivity index (χ3v) is 4.45. The maximum Gasteiger partial charge on any atom is 0.315 e. The maximum atomic E-state index is 13.7. The highest BCUT2D eigenvalue weighted by molar-refractivity contribution is 5.74. The van der Waals surface area contributed by atoms with Crippen molar-refractivity contribution in [1.29, 1.82) is 0 Å². The molecule has 1 aliphatic rings. The van der Waals surface area contributed by atoms with Crippen LogP contribution in [0.5, 0.6) is 0 Å². The fourth-order valence-corrected chi connectivity index (χ4v) is 2.94. The predicted molar refractivity (Wildman–Crippen MR) is 90.3 cm³/mol. The van der Waals surface area contributed by atoms with Crippen LogP contribution in [-0.2, 0) is 6.54 Å². The topological polar surface area (TPSA) is 59.0 Å². The van der Waals surface area contributed by atoms with E-state index in [0.717, 1.165) is 31.6 Å². The molecule has 3 rings (SSSR count). The molecule has 1 aromatic carbocycles. The number of rotatable bonds is 7. The van der Waals surface area contributed by atoms with Crippen molar-refractivity contribution in [2.75, 3.05) is 6.54 Å². The van der Waals surface area contributed by atoms with Gasteiger partial charge < -0.3 is 15.2 Å². The number of hydrogen-bond donors (Lipinski definition) is 2. The minimum absolute atomic E-state index is 0.0375. The van der Waals surface area contributed by atoms with Gasteiger partial charge in [0.25, 0.3) is 0 Å². The van der Waals surface area contributed by atoms with Gasteiger partial charge in [-0.3, -0.25) is 0 Å². The van der Waals surface area contributed by atoms with Gasteiger partial charge in [-0.2, -0.15) is 0 Å². The predicted octanol–water partition coefficient (Wildman–Crippen LogP) is 2.97. The van der Waals surface area contributed by atoms with Crippen LogP contribution in [0, 0.1) is 12.7 Å². The van der Waals surface area contributed by atoms with Gasteiger partial charge in [0.2, 0.25) is 0 Å². The Morgan fingerprint density at radius 2 is 2.21 bits per heavy atom. The van der Waals surface area contributed by atoms with E-state index < -0.39 is 0 Å². The Labute approximate surface area is 141 Å². The van der Waals surface area contributed by atoms with E-state index in [1.165, 1.54) is 6.07 Å². The average molecular weight is 330 g/mol. The van der Waals surface area contributed by atoms with E-state index in [4.69, 9.17) is 0 Å². The highest BCUT2D eigenvalue weighted by atomic mass is 19.1. The summed E-state index contributed by atoms with van der Waals surface area (Å²) in [5, 5.41) is 5.78. The average Bonchev–Trinajstić information content (AvgIpc) is 3.19. The lowest BCUT2D eigenvalue weighted by Crippen LogP contribution is -2.37. The molecule has 0 aliphatic heterocycles. The molecule has 1 aliphatic carbocycles. The summed E-state index contributed by atoms with van der Waals surface area (Å²) in [6.45, 7) is 3.52. The summed E-state index contributed by atoms with van der Waals surface area (Å²) in [5.41, 5.74) is 0.693. The van der Waals surface area contributed by atoms with E-state index in [-0.39, 0.29) is 23.8 Å². The minimum atomic E-state index is -0.193. The molecular weight excluding hydrogens is 307 g/mol. The first kappa shape index (κ1) is 16.5. The standard InChI is InChI=1S/C18H23FN4O/c1-13-20-9-11-23(13)10-5-4-8-21-18(24)22-17-12-15(17)14-6-2-3-7-16(14)19/h2-3,6-7,9,11,15,17H,4-5,8,10,12H2,1H3,(H2,21,22,24)/t15-,17+/m0/s1. The number of urea groups is 1. The minimum Gasteiger partial charge on any atom is -0.338 e. The third kappa shape index (κ3) is 4.13. The number of nitrogens with zero attached hydrogens (tertiary/aromatic N) is 2. The molecule has 2 amide bonds. The lowest BCUT2D eigenvalue weighted by Gasteiger charge is -2.08. The zero-order valence-electron chi connectivity index (χ0n) is 13.8. The molecular formula is C18H23FN4O. The number of halogens is 1. The van der Waals surface area contributed by atoms with Gasteiger partial charge in [-0.05, 0) is 37.8 Å². The van der Waals surface area contributed by atoms with Crippen LogP contribution in [0.4, 0.5) is 9.18 Å².